The Balaban J connectivity index is 4.53. The fourth-order valence-electron chi connectivity index (χ4n) is 0.298. The standard InChI is InChI=1S/C6H4F6N2O/c1-3(5(7,8)9)14-13-2-4(15)6(10,11)12/h2H,1H3. The summed E-state index contributed by atoms with van der Waals surface area (Å²) in [7, 11) is 0. The number of nitrogens with zero attached hydrogens (tertiary/aromatic N) is 2. The van der Waals surface area contributed by atoms with Crippen LogP contribution in [0, 0.1) is 0 Å². The average molecular weight is 234 g/mol. The van der Waals surface area contributed by atoms with Crippen molar-refractivity contribution in [2.45, 2.75) is 19.3 Å². The maximum Gasteiger partial charge on any atom is 0.455 e. The molecular formula is C6H4F6N2O. The van der Waals surface area contributed by atoms with Gasteiger partial charge in [-0.3, -0.25) is 4.79 Å². The normalized spacial score (nSPS) is 14.7. The third kappa shape index (κ3) is 5.13. The van der Waals surface area contributed by atoms with E-state index in [1.807, 2.05) is 0 Å². The van der Waals surface area contributed by atoms with Crippen LogP contribution >= 0.6 is 0 Å². The van der Waals surface area contributed by atoms with Crippen LogP contribution in [-0.4, -0.2) is 30.1 Å². The second-order valence-electron chi connectivity index (χ2n) is 2.29. The summed E-state index contributed by atoms with van der Waals surface area (Å²) >= 11 is 0. The highest BCUT2D eigenvalue weighted by Gasteiger charge is 2.37. The van der Waals surface area contributed by atoms with Crippen molar-refractivity contribution in [3.8, 4) is 0 Å². The Hall–Kier alpha value is -1.41. The van der Waals surface area contributed by atoms with Gasteiger partial charge in [0.2, 0.25) is 0 Å². The molecule has 0 N–H and O–H groups in total. The first kappa shape index (κ1) is 13.6. The molecule has 0 aromatic carbocycles. The van der Waals surface area contributed by atoms with Crippen LogP contribution < -0.4 is 0 Å². The molecule has 0 radical (unpaired) electrons. The van der Waals surface area contributed by atoms with Crippen molar-refractivity contribution in [2.75, 3.05) is 0 Å². The number of halogens is 6. The number of Topliss-reactive ketones (excluding diaryl/α,β-unsaturated/α-hetero) is 1. The minimum atomic E-state index is -5.16. The smallest absolute Gasteiger partial charge is 0.283 e. The Bertz CT molecular complexity index is 300. The SMILES string of the molecule is CC(=NN=CC(=O)C(F)(F)F)C(F)(F)F. The molecule has 0 aromatic rings. The fraction of sp³-hybridized carbons (Fsp3) is 0.500. The predicted molar refractivity (Wildman–Crippen MR) is 38.7 cm³/mol. The Morgan fingerprint density at radius 2 is 1.53 bits per heavy atom. The van der Waals surface area contributed by atoms with Crippen LogP contribution in [0.15, 0.2) is 10.2 Å². The minimum absolute atomic E-state index is 0.324. The molecule has 0 aromatic heterocycles. The molecular weight excluding hydrogens is 230 g/mol. The third-order valence-electron chi connectivity index (χ3n) is 1.07. The molecule has 0 atom stereocenters. The van der Waals surface area contributed by atoms with Gasteiger partial charge in [0.1, 0.15) is 11.9 Å². The van der Waals surface area contributed by atoms with Crippen LogP contribution in [0.4, 0.5) is 26.3 Å². The topological polar surface area (TPSA) is 41.8 Å². The number of rotatable bonds is 2. The molecule has 0 aliphatic heterocycles. The van der Waals surface area contributed by atoms with E-state index in [-0.39, 0.29) is 6.21 Å². The number of ketones is 1. The number of hydrogen-bond donors (Lipinski definition) is 0. The summed E-state index contributed by atoms with van der Waals surface area (Å²) in [6.45, 7) is 0.509. The van der Waals surface area contributed by atoms with Crippen molar-refractivity contribution in [3.05, 3.63) is 0 Å². The molecule has 9 heteroatoms. The quantitative estimate of drug-likeness (QED) is 0.410. The second kappa shape index (κ2) is 4.41. The van der Waals surface area contributed by atoms with Gasteiger partial charge in [0.05, 0.1) is 0 Å². The van der Waals surface area contributed by atoms with Crippen LogP contribution in [-0.2, 0) is 4.79 Å². The highest BCUT2D eigenvalue weighted by molar-refractivity contribution is 6.30. The van der Waals surface area contributed by atoms with E-state index >= 15 is 0 Å². The van der Waals surface area contributed by atoms with Crippen LogP contribution in [0.5, 0.6) is 0 Å². The molecule has 86 valence electrons. The van der Waals surface area contributed by atoms with Gasteiger partial charge in [0.25, 0.3) is 5.78 Å². The molecule has 0 amide bonds. The Morgan fingerprint density at radius 3 is 1.87 bits per heavy atom. The lowest BCUT2D eigenvalue weighted by Crippen LogP contribution is -2.23. The molecule has 0 aliphatic rings. The van der Waals surface area contributed by atoms with E-state index in [2.05, 4.69) is 10.2 Å². The summed E-state index contributed by atoms with van der Waals surface area (Å²) in [5.41, 5.74) is -1.45. The summed E-state index contributed by atoms with van der Waals surface area (Å²) in [6, 6.07) is 0. The first-order valence-electron chi connectivity index (χ1n) is 3.31. The maximum atomic E-state index is 11.7. The largest absolute Gasteiger partial charge is 0.455 e. The van der Waals surface area contributed by atoms with Gasteiger partial charge in [-0.05, 0) is 6.92 Å². The lowest BCUT2D eigenvalue weighted by molar-refractivity contribution is -0.162. The average Bonchev–Trinajstić information content (AvgIpc) is 2.00. The van der Waals surface area contributed by atoms with Crippen LogP contribution in [0.25, 0.3) is 0 Å². The number of hydrogen-bond acceptors (Lipinski definition) is 3. The Morgan fingerprint density at radius 1 is 1.07 bits per heavy atom. The van der Waals surface area contributed by atoms with E-state index in [0.717, 1.165) is 0 Å². The molecule has 0 fully saturated rings. The van der Waals surface area contributed by atoms with Crippen LogP contribution in [0.3, 0.4) is 0 Å². The van der Waals surface area contributed by atoms with Crippen molar-refractivity contribution in [2.24, 2.45) is 10.2 Å². The molecule has 0 unspecified atom stereocenters. The molecule has 0 spiro atoms. The zero-order valence-electron chi connectivity index (χ0n) is 7.15. The molecule has 0 rings (SSSR count). The van der Waals surface area contributed by atoms with Crippen molar-refractivity contribution >= 4 is 17.7 Å². The lowest BCUT2D eigenvalue weighted by atomic mass is 10.4. The predicted octanol–water partition coefficient (Wildman–Crippen LogP) is 2.13. The molecule has 0 saturated carbocycles. The van der Waals surface area contributed by atoms with Gasteiger partial charge in [-0.15, -0.1) is 0 Å². The summed E-state index contributed by atoms with van der Waals surface area (Å²) in [4.78, 5) is 10.1. The van der Waals surface area contributed by atoms with Crippen molar-refractivity contribution in [3.63, 3.8) is 0 Å². The van der Waals surface area contributed by atoms with Gasteiger partial charge in [-0.2, -0.15) is 36.5 Å². The van der Waals surface area contributed by atoms with Gasteiger partial charge in [-0.1, -0.05) is 0 Å². The van der Waals surface area contributed by atoms with Gasteiger partial charge >= 0.3 is 12.4 Å². The van der Waals surface area contributed by atoms with E-state index in [4.69, 9.17) is 0 Å². The zero-order chi connectivity index (χ0) is 12.3. The van der Waals surface area contributed by atoms with Crippen LogP contribution in [0.2, 0.25) is 0 Å². The third-order valence-corrected chi connectivity index (χ3v) is 1.07. The van der Waals surface area contributed by atoms with Crippen LogP contribution in [0.1, 0.15) is 6.92 Å². The first-order chi connectivity index (χ1) is 6.55. The molecule has 3 nitrogen and oxygen atoms in total. The Labute approximate surface area is 79.5 Å². The highest BCUT2D eigenvalue weighted by Crippen LogP contribution is 2.17. The molecule has 0 saturated heterocycles. The van der Waals surface area contributed by atoms with E-state index in [0.29, 0.717) is 6.92 Å². The highest BCUT2D eigenvalue weighted by atomic mass is 19.4. The molecule has 15 heavy (non-hydrogen) atoms. The summed E-state index contributed by atoms with van der Waals surface area (Å²) in [6.07, 6.45) is -10.3. The van der Waals surface area contributed by atoms with E-state index in [9.17, 15) is 31.1 Å². The van der Waals surface area contributed by atoms with Gasteiger partial charge in [0.15, 0.2) is 0 Å². The van der Waals surface area contributed by atoms with E-state index in [1.165, 1.54) is 0 Å². The van der Waals surface area contributed by atoms with Crippen molar-refractivity contribution in [1.29, 1.82) is 0 Å². The summed E-state index contributed by atoms with van der Waals surface area (Å²) in [5.74, 6) is -2.37. The lowest BCUT2D eigenvalue weighted by Gasteiger charge is -2.02. The molecule has 0 bridgehead atoms. The summed E-state index contributed by atoms with van der Waals surface area (Å²) < 4.78 is 69.6. The molecule has 0 heterocycles. The zero-order valence-corrected chi connectivity index (χ0v) is 7.15. The second-order valence-corrected chi connectivity index (χ2v) is 2.29. The maximum absolute atomic E-state index is 11.7. The number of alkyl halides is 6. The fourth-order valence-corrected chi connectivity index (χ4v) is 0.298. The minimum Gasteiger partial charge on any atom is -0.283 e. The van der Waals surface area contributed by atoms with Gasteiger partial charge in [0, 0.05) is 0 Å². The van der Waals surface area contributed by atoms with E-state index < -0.39 is 23.8 Å². The van der Waals surface area contributed by atoms with Crippen molar-refractivity contribution < 1.29 is 31.1 Å². The number of carbonyl (C=O) groups is 1. The molecule has 0 aliphatic carbocycles. The monoisotopic (exact) mass is 234 g/mol. The van der Waals surface area contributed by atoms with Gasteiger partial charge in [-0.25, -0.2) is 0 Å². The van der Waals surface area contributed by atoms with Gasteiger partial charge < -0.3 is 0 Å². The van der Waals surface area contributed by atoms with E-state index in [1.54, 1.807) is 0 Å². The summed E-state index contributed by atoms with van der Waals surface area (Å²) in [5, 5.41) is 4.77. The van der Waals surface area contributed by atoms with Crippen molar-refractivity contribution in [1.82, 2.24) is 0 Å². The number of carbonyl (C=O) groups excluding carboxylic acids is 1. The Kier molecular flexibility index (Phi) is 3.99. The first-order valence-corrected chi connectivity index (χ1v) is 3.31.